The van der Waals surface area contributed by atoms with Crippen LogP contribution in [0.5, 0.6) is 0 Å². The first-order valence-corrected chi connectivity index (χ1v) is 11.9. The van der Waals surface area contributed by atoms with Crippen LogP contribution in [0, 0.1) is 24.2 Å². The highest BCUT2D eigenvalue weighted by Gasteiger charge is 2.77. The summed E-state index contributed by atoms with van der Waals surface area (Å²) in [5, 5.41) is 7.63. The van der Waals surface area contributed by atoms with E-state index in [1.165, 1.54) is 11.0 Å². The quantitative estimate of drug-likeness (QED) is 0.508. The van der Waals surface area contributed by atoms with Crippen LogP contribution in [0.25, 0.3) is 16.0 Å². The van der Waals surface area contributed by atoms with Crippen LogP contribution in [0.2, 0.25) is 0 Å². The van der Waals surface area contributed by atoms with Crippen LogP contribution in [-0.4, -0.2) is 69.8 Å². The summed E-state index contributed by atoms with van der Waals surface area (Å²) in [6, 6.07) is 8.33. The molecule has 4 heterocycles. The van der Waals surface area contributed by atoms with Crippen molar-refractivity contribution in [3.8, 4) is 11.1 Å². The molecule has 184 valence electrons. The van der Waals surface area contributed by atoms with Gasteiger partial charge in [-0.25, -0.2) is 20.4 Å². The van der Waals surface area contributed by atoms with Crippen molar-refractivity contribution in [2.24, 2.45) is 17.6 Å². The molecule has 1 unspecified atom stereocenters. The maximum absolute atomic E-state index is 15.1. The Balaban J connectivity index is 1.16. The Labute approximate surface area is 207 Å². The number of nitrogens with zero attached hydrogens (tertiary/aromatic N) is 7. The molecule has 1 aromatic carbocycles. The molecule has 1 saturated carbocycles. The number of piperidine rings is 1. The van der Waals surface area contributed by atoms with E-state index in [4.69, 9.17) is 17.0 Å². The number of amides is 1. The van der Waals surface area contributed by atoms with E-state index in [9.17, 15) is 4.79 Å². The molecule has 2 N–H and O–H groups in total. The second-order valence-corrected chi connectivity index (χ2v) is 9.54. The lowest BCUT2D eigenvalue weighted by Gasteiger charge is -2.19. The molecule has 3 fully saturated rings. The number of hydrogen-bond donors (Lipinski definition) is 1. The Kier molecular flexibility index (Phi) is 5.43. The number of halogens is 1. The molecule has 3 aliphatic rings. The van der Waals surface area contributed by atoms with E-state index in [0.717, 1.165) is 25.3 Å². The minimum absolute atomic E-state index is 0.268. The molecule has 4 atom stereocenters. The van der Waals surface area contributed by atoms with E-state index < -0.39 is 23.6 Å². The third kappa shape index (κ3) is 3.61. The zero-order valence-electron chi connectivity index (χ0n) is 19.5. The molecule has 0 spiro atoms. The fourth-order valence-corrected chi connectivity index (χ4v) is 5.72. The smallest absolute Gasteiger partial charge is 0.414 e. The monoisotopic (exact) mass is 488 g/mol. The van der Waals surface area contributed by atoms with Crippen LogP contribution in [0.3, 0.4) is 0 Å². The second-order valence-electron chi connectivity index (χ2n) is 9.54. The molecule has 10 nitrogen and oxygen atoms in total. The van der Waals surface area contributed by atoms with E-state index in [2.05, 4.69) is 25.0 Å². The zero-order valence-corrected chi connectivity index (χ0v) is 19.5. The average Bonchev–Trinajstić information content (AvgIpc) is 3.37. The van der Waals surface area contributed by atoms with Gasteiger partial charge in [0, 0.05) is 49.7 Å². The van der Waals surface area contributed by atoms with Crippen LogP contribution in [0.15, 0.2) is 48.9 Å². The molecular formula is C25H25FN8O2. The molecule has 3 aromatic rings. The number of nitrogens with two attached hydrogens (primary N) is 1. The van der Waals surface area contributed by atoms with Gasteiger partial charge in [-0.2, -0.15) is 0 Å². The number of carbonyl (C=O) groups is 1. The van der Waals surface area contributed by atoms with Crippen molar-refractivity contribution in [2.75, 3.05) is 37.6 Å². The SMILES string of the molecule is [C-]#[N+]C1(c2ccc(-c3ccc(N4C[C@H](Cn5ccnn5)OC4=O)cc3F)cn2)[C@@H]2CN(CCN)C[C@@H]21. The number of cyclic esters (lactones) is 1. The van der Waals surface area contributed by atoms with E-state index in [0.29, 0.717) is 29.9 Å². The van der Waals surface area contributed by atoms with Crippen LogP contribution in [-0.2, 0) is 16.8 Å². The topological polar surface area (TPSA) is 107 Å². The van der Waals surface area contributed by atoms with Gasteiger partial charge in [-0.3, -0.25) is 9.88 Å². The molecule has 36 heavy (non-hydrogen) atoms. The first-order valence-electron chi connectivity index (χ1n) is 11.9. The minimum Gasteiger partial charge on any atom is -0.442 e. The summed E-state index contributed by atoms with van der Waals surface area (Å²) in [5.74, 6) is 0.0734. The molecule has 2 aliphatic heterocycles. The molecular weight excluding hydrogens is 463 g/mol. The van der Waals surface area contributed by atoms with Gasteiger partial charge in [0.1, 0.15) is 17.6 Å². The number of rotatable bonds is 7. The Morgan fingerprint density at radius 1 is 1.22 bits per heavy atom. The predicted molar refractivity (Wildman–Crippen MR) is 128 cm³/mol. The summed E-state index contributed by atoms with van der Waals surface area (Å²) in [6.07, 6.45) is 3.94. The van der Waals surface area contributed by atoms with E-state index in [-0.39, 0.29) is 18.4 Å². The summed E-state index contributed by atoms with van der Waals surface area (Å²) in [5.41, 5.74) is 7.26. The number of pyridine rings is 1. The van der Waals surface area contributed by atoms with Crippen molar-refractivity contribution in [1.82, 2.24) is 24.9 Å². The van der Waals surface area contributed by atoms with E-state index in [1.807, 2.05) is 12.1 Å². The standard InChI is InChI=1S/C25H25FN8O2/c1-28-25(20-14-32(8-6-27)15-21(20)25)23-5-2-16(11-29-23)19-4-3-17(10-22(19)26)34-13-18(36-24(34)35)12-33-9-7-30-31-33/h2-5,7,9-11,18,20-21H,6,8,12-15,27H2/t18-,20-,21+,25?/m0/s1. The Hall–Kier alpha value is -3.88. The van der Waals surface area contributed by atoms with E-state index in [1.54, 1.807) is 35.4 Å². The van der Waals surface area contributed by atoms with Gasteiger partial charge in [0.15, 0.2) is 0 Å². The van der Waals surface area contributed by atoms with Crippen molar-refractivity contribution in [3.05, 3.63) is 71.9 Å². The number of aromatic nitrogens is 4. The number of anilines is 1. The van der Waals surface area contributed by atoms with Crippen LogP contribution >= 0.6 is 0 Å². The Morgan fingerprint density at radius 3 is 2.69 bits per heavy atom. The molecule has 0 bridgehead atoms. The maximum Gasteiger partial charge on any atom is 0.414 e. The maximum atomic E-state index is 15.1. The van der Waals surface area contributed by atoms with Crippen LogP contribution < -0.4 is 10.6 Å². The summed E-state index contributed by atoms with van der Waals surface area (Å²) >= 11 is 0. The third-order valence-corrected chi connectivity index (χ3v) is 7.53. The molecule has 11 heteroatoms. The third-order valence-electron chi connectivity index (χ3n) is 7.53. The molecule has 1 aliphatic carbocycles. The fourth-order valence-electron chi connectivity index (χ4n) is 5.72. The van der Waals surface area contributed by atoms with E-state index >= 15 is 4.39 Å². The summed E-state index contributed by atoms with van der Waals surface area (Å²) in [6.45, 7) is 11.7. The number of ether oxygens (including phenoxy) is 1. The lowest BCUT2D eigenvalue weighted by atomic mass is 10.0. The highest BCUT2D eigenvalue weighted by Crippen LogP contribution is 2.64. The van der Waals surface area contributed by atoms with Gasteiger partial charge < -0.3 is 20.2 Å². The number of hydrogen-bond acceptors (Lipinski definition) is 7. The van der Waals surface area contributed by atoms with Crippen molar-refractivity contribution in [2.45, 2.75) is 18.2 Å². The van der Waals surface area contributed by atoms with Crippen molar-refractivity contribution in [3.63, 3.8) is 0 Å². The Bertz CT molecular complexity index is 1310. The average molecular weight is 489 g/mol. The molecule has 6 rings (SSSR count). The number of benzene rings is 1. The van der Waals surface area contributed by atoms with Gasteiger partial charge in [-0.05, 0) is 24.3 Å². The number of likely N-dealkylation sites (tertiary alicyclic amines) is 1. The van der Waals surface area contributed by atoms with Gasteiger partial charge in [0.05, 0.1) is 36.8 Å². The minimum atomic E-state index is -0.578. The fraction of sp³-hybridized carbons (Fsp3) is 0.400. The number of carbonyl (C=O) groups excluding carboxylic acids is 1. The predicted octanol–water partition coefficient (Wildman–Crippen LogP) is 2.14. The van der Waals surface area contributed by atoms with Crippen molar-refractivity contribution in [1.29, 1.82) is 0 Å². The largest absolute Gasteiger partial charge is 0.442 e. The summed E-state index contributed by atoms with van der Waals surface area (Å²) in [4.78, 5) is 24.7. The van der Waals surface area contributed by atoms with Crippen LogP contribution in [0.1, 0.15) is 5.69 Å². The van der Waals surface area contributed by atoms with Gasteiger partial charge in [-0.15, -0.1) is 5.10 Å². The van der Waals surface area contributed by atoms with Crippen molar-refractivity contribution >= 4 is 11.8 Å². The van der Waals surface area contributed by atoms with Gasteiger partial charge >= 0.3 is 6.09 Å². The lowest BCUT2D eigenvalue weighted by Crippen LogP contribution is -2.33. The highest BCUT2D eigenvalue weighted by molar-refractivity contribution is 5.90. The summed E-state index contributed by atoms with van der Waals surface area (Å²) in [7, 11) is 0. The van der Waals surface area contributed by atoms with Gasteiger partial charge in [0.2, 0.25) is 0 Å². The van der Waals surface area contributed by atoms with Crippen molar-refractivity contribution < 1.29 is 13.9 Å². The Morgan fingerprint density at radius 2 is 2.06 bits per heavy atom. The number of fused-ring (bicyclic) bond motifs is 1. The first-order chi connectivity index (χ1) is 17.5. The van der Waals surface area contributed by atoms with Gasteiger partial charge in [-0.1, -0.05) is 11.3 Å². The van der Waals surface area contributed by atoms with Crippen LogP contribution in [0.4, 0.5) is 14.9 Å². The second kappa shape index (κ2) is 8.65. The normalized spacial score (nSPS) is 27.1. The zero-order chi connectivity index (χ0) is 24.9. The first kappa shape index (κ1) is 22.6. The lowest BCUT2D eigenvalue weighted by molar-refractivity contribution is 0.129. The highest BCUT2D eigenvalue weighted by atomic mass is 19.1. The summed E-state index contributed by atoms with van der Waals surface area (Å²) < 4.78 is 22.1. The molecule has 2 saturated heterocycles. The van der Waals surface area contributed by atoms with Gasteiger partial charge in [0.25, 0.3) is 5.54 Å². The molecule has 2 aromatic heterocycles. The molecule has 0 radical (unpaired) electrons. The molecule has 1 amide bonds.